The quantitative estimate of drug-likeness (QED) is 0.0910. The molecule has 0 amide bonds. The first-order valence-corrected chi connectivity index (χ1v) is 74.0. The van der Waals surface area contributed by atoms with E-state index in [2.05, 4.69) is 282 Å². The van der Waals surface area contributed by atoms with Crippen LogP contribution >= 0.6 is 0 Å². The molecule has 0 unspecified atom stereocenters. The molecule has 0 aliphatic carbocycles. The van der Waals surface area contributed by atoms with Crippen LogP contribution in [0.25, 0.3) is 0 Å². The predicted octanol–water partition coefficient (Wildman–Crippen LogP) is 1.57. The third-order valence-corrected chi connectivity index (χ3v) is 49.4. The van der Waals surface area contributed by atoms with Crippen LogP contribution in [0.1, 0.15) is 22.3 Å². The summed E-state index contributed by atoms with van der Waals surface area (Å²) in [5.41, 5.74) is 6.37. The van der Waals surface area contributed by atoms with Crippen molar-refractivity contribution in [2.45, 2.75) is 263 Å². The van der Waals surface area contributed by atoms with Crippen molar-refractivity contribution in [3.63, 3.8) is 0 Å². The van der Waals surface area contributed by atoms with Crippen LogP contribution in [-0.4, -0.2) is 105 Å². The smallest absolute Gasteiger partial charge is 1.00 e. The van der Waals surface area contributed by atoms with Crippen LogP contribution in [0.15, 0.2) is 18.2 Å². The number of hydrogen-bond acceptors (Lipinski definition) is 0. The van der Waals surface area contributed by atoms with Gasteiger partial charge in [-0.05, 0) is 15.6 Å². The molecule has 0 saturated heterocycles. The third-order valence-electron chi connectivity index (χ3n) is 17.2. The summed E-state index contributed by atoms with van der Waals surface area (Å²) in [6.07, 6.45) is 0. The minimum atomic E-state index is -3.49. The fraction of sp³-hybridized carbons (Fsp3) is 0.635. The first kappa shape index (κ1) is 81.4. The van der Waals surface area contributed by atoms with Gasteiger partial charge >= 0.3 is 21.7 Å². The molecule has 0 heterocycles. The van der Waals surface area contributed by atoms with E-state index >= 15 is 0 Å². The van der Waals surface area contributed by atoms with Crippen LogP contribution in [0.2, 0.25) is 236 Å². The van der Waals surface area contributed by atoms with E-state index in [1.54, 1.807) is 22.3 Å². The predicted molar refractivity (Wildman–Crippen MR) is 400 cm³/mol. The summed E-state index contributed by atoms with van der Waals surface area (Å²) in [7, 11) is -28.1. The molecular weight excluding hydrogens is 1280 g/mol. The van der Waals surface area contributed by atoms with E-state index in [1.807, 2.05) is 83.0 Å². The molecule has 0 aliphatic rings. The van der Waals surface area contributed by atoms with E-state index < -0.39 is 105 Å². The molecule has 0 saturated carbocycles. The summed E-state index contributed by atoms with van der Waals surface area (Å²) < 4.78 is 0. The van der Waals surface area contributed by atoms with E-state index in [0.29, 0.717) is 0 Å². The molecule has 0 spiro atoms. The Morgan fingerprint density at radius 3 is 0.525 bits per heavy atom. The van der Waals surface area contributed by atoms with Gasteiger partial charge in [0, 0.05) is 0 Å². The average Bonchev–Trinajstić information content (AvgIpc) is 3.33. The number of benzene rings is 3. The van der Waals surface area contributed by atoms with Crippen LogP contribution in [0.5, 0.6) is 0 Å². The molecule has 452 valence electrons. The Labute approximate surface area is 545 Å². The summed E-state index contributed by atoms with van der Waals surface area (Å²) in [6.45, 7) is 110. The first-order chi connectivity index (χ1) is 33.0. The molecular formula is C63H123Cl3Si13Ti. The average molecular weight is 1400 g/mol. The van der Waals surface area contributed by atoms with Crippen LogP contribution < -0.4 is 120 Å². The summed E-state index contributed by atoms with van der Waals surface area (Å²) in [5.74, 6) is 0. The van der Waals surface area contributed by atoms with Gasteiger partial charge in [0.15, 0.2) is 8.07 Å². The van der Waals surface area contributed by atoms with Crippen molar-refractivity contribution in [3.8, 4) is 0 Å². The van der Waals surface area contributed by atoms with Gasteiger partial charge in [0.25, 0.3) is 0 Å². The summed E-state index contributed by atoms with van der Waals surface area (Å²) in [6, 6.07) is 9.52. The minimum absolute atomic E-state index is 0. The summed E-state index contributed by atoms with van der Waals surface area (Å²) >= 11 is 0. The molecule has 0 radical (unpaired) electrons. The molecule has 0 nitrogen and oxygen atoms in total. The zero-order chi connectivity index (χ0) is 60.2. The standard InChI is InChI=1S/C63H123Si13.3ClH.Ti/c1-44-45(2)47(4)54(46(44)3)76(51-41-48(64(5,6)7)55(67(14,15)16)61(73(32,33)34)58(51)70(23,24)25,52-42-49(65(8,9)10)56(68(17,18)19)62(74(35,36)37)59(52)71(26,27)28)53-43-50(66(11,12)13)57(69(20,21)22)63(75(38,39)40)60(53)72(29,30)31;;;;/h41-43H,1-40H3;3*1H;/q-1;;;;+4/p-3. The van der Waals surface area contributed by atoms with Crippen LogP contribution in [0.3, 0.4) is 0 Å². The van der Waals surface area contributed by atoms with Crippen LogP contribution in [0.4, 0.5) is 0 Å². The number of halogens is 3. The Kier molecular flexibility index (Phi) is 25.4. The maximum absolute atomic E-state index is 3.49. The van der Waals surface area contributed by atoms with Crippen molar-refractivity contribution < 1.29 is 58.9 Å². The minimum Gasteiger partial charge on any atom is -1.00 e. The maximum atomic E-state index is 3.17. The van der Waals surface area contributed by atoms with Gasteiger partial charge < -0.3 is 37.2 Å². The van der Waals surface area contributed by atoms with Gasteiger partial charge in [0.05, 0.1) is 96.9 Å². The van der Waals surface area contributed by atoms with E-state index in [1.165, 1.54) is 0 Å². The van der Waals surface area contributed by atoms with Crippen molar-refractivity contribution in [3.05, 3.63) is 40.5 Å². The molecule has 0 bridgehead atoms. The van der Waals surface area contributed by atoms with Crippen molar-refractivity contribution in [1.82, 2.24) is 0 Å². The SMILES string of the molecule is Cc1c(C)c([Si](c2cc([Si](C)(C)C)c([Si](C)(C)C)c([Si](C)(C)C)c2[Si](C)(C)C)(c2cc([Si](C)(C)C)c([Si](C)(C)C)c([Si](C)(C)C)c2[Si](C)(C)C)c2cc([Si](C)(C)C)c([Si](C)(C)C)c([Si](C)(C)C)c2[Si](C)(C)C)[c-](C)c1C.[Cl-].[Cl-].[Cl-].[Ti+4]. The van der Waals surface area contributed by atoms with Gasteiger partial charge in [0.2, 0.25) is 0 Å². The van der Waals surface area contributed by atoms with E-state index in [4.69, 9.17) is 0 Å². The monoisotopic (exact) mass is 1400 g/mol. The third kappa shape index (κ3) is 15.5. The molecule has 4 aromatic rings. The second-order valence-electron chi connectivity index (χ2n) is 36.9. The van der Waals surface area contributed by atoms with Crippen LogP contribution in [0, 0.1) is 27.7 Å². The Hall–Kier alpha value is 1.41. The van der Waals surface area contributed by atoms with Crippen molar-refractivity contribution >= 4 is 188 Å². The number of hydrogen-bond donors (Lipinski definition) is 0. The van der Waals surface area contributed by atoms with Gasteiger partial charge in [-0.25, -0.2) is 0 Å². The molecule has 0 atom stereocenters. The van der Waals surface area contributed by atoms with Gasteiger partial charge in [-0.2, -0.15) is 27.4 Å². The second kappa shape index (κ2) is 25.0. The fourth-order valence-corrected chi connectivity index (χ4v) is 67.1. The molecule has 4 rings (SSSR count). The molecule has 0 aliphatic heterocycles. The van der Waals surface area contributed by atoms with Crippen molar-refractivity contribution in [2.75, 3.05) is 0 Å². The Morgan fingerprint density at radius 1 is 0.237 bits per heavy atom. The van der Waals surface area contributed by atoms with Gasteiger partial charge in [-0.3, -0.25) is 0 Å². The number of rotatable bonds is 16. The molecule has 80 heavy (non-hydrogen) atoms. The fourth-order valence-electron chi connectivity index (χ4n) is 14.3. The van der Waals surface area contributed by atoms with E-state index in [-0.39, 0.29) is 58.9 Å². The zero-order valence-electron chi connectivity index (χ0n) is 59.9. The Morgan fingerprint density at radius 2 is 0.400 bits per heavy atom. The molecule has 4 aromatic carbocycles. The maximum Gasteiger partial charge on any atom is 4.00 e. The summed E-state index contributed by atoms with van der Waals surface area (Å²) in [5, 5.41) is 30.3. The first-order valence-electron chi connectivity index (χ1n) is 30.0. The normalized spacial score (nSPS) is 14.1. The molecule has 17 heteroatoms. The van der Waals surface area contributed by atoms with Gasteiger partial charge in [0.1, 0.15) is 0 Å². The van der Waals surface area contributed by atoms with Crippen LogP contribution in [-0.2, 0) is 21.7 Å². The Bertz CT molecular complexity index is 2610. The van der Waals surface area contributed by atoms with E-state index in [9.17, 15) is 0 Å². The summed E-state index contributed by atoms with van der Waals surface area (Å²) in [4.78, 5) is 0. The molecule has 0 aromatic heterocycles. The molecule has 0 fully saturated rings. The Balaban J connectivity index is 0.0000156. The largest absolute Gasteiger partial charge is 4.00 e. The van der Waals surface area contributed by atoms with Crippen molar-refractivity contribution in [1.29, 1.82) is 0 Å². The van der Waals surface area contributed by atoms with Gasteiger partial charge in [-0.15, -0.1) is 0 Å². The van der Waals surface area contributed by atoms with E-state index in [0.717, 1.165) is 0 Å². The van der Waals surface area contributed by atoms with Crippen molar-refractivity contribution in [2.24, 2.45) is 0 Å². The zero-order valence-corrected chi connectivity index (χ0v) is 76.7. The topological polar surface area (TPSA) is 0 Å². The van der Waals surface area contributed by atoms with Gasteiger partial charge in [-0.1, -0.05) is 344 Å². The molecule has 0 N–H and O–H groups in total. The second-order valence-corrected chi connectivity index (χ2v) is 101.